The van der Waals surface area contributed by atoms with Gasteiger partial charge in [0.15, 0.2) is 5.76 Å². The molecule has 0 bridgehead atoms. The number of sulfonamides is 1. The zero-order valence-corrected chi connectivity index (χ0v) is 9.19. The first kappa shape index (κ1) is 11.4. The fourth-order valence-electron chi connectivity index (χ4n) is 1.10. The number of nitrogens with two attached hydrogens (primary N) is 1. The van der Waals surface area contributed by atoms with E-state index in [1.807, 2.05) is 0 Å². The second-order valence-electron chi connectivity index (χ2n) is 3.09. The largest absolute Gasteiger partial charge is 0.438 e. The van der Waals surface area contributed by atoms with Crippen molar-refractivity contribution in [2.45, 2.75) is 5.09 Å². The van der Waals surface area contributed by atoms with E-state index in [0.29, 0.717) is 5.82 Å². The molecule has 2 aromatic rings. The summed E-state index contributed by atoms with van der Waals surface area (Å²) in [4.78, 5) is 11.6. The zero-order chi connectivity index (χ0) is 12.5. The number of amides is 1. The highest BCUT2D eigenvalue weighted by molar-refractivity contribution is 7.89. The SMILES string of the molecule is NS(=O)(=O)c1ccc(C(=O)Nc2ccn[nH]2)o1. The highest BCUT2D eigenvalue weighted by Gasteiger charge is 2.17. The van der Waals surface area contributed by atoms with Gasteiger partial charge in [-0.2, -0.15) is 5.10 Å². The molecule has 0 aliphatic heterocycles. The highest BCUT2D eigenvalue weighted by Crippen LogP contribution is 2.13. The number of furan rings is 1. The lowest BCUT2D eigenvalue weighted by molar-refractivity contribution is 0.0991. The monoisotopic (exact) mass is 256 g/mol. The molecule has 90 valence electrons. The van der Waals surface area contributed by atoms with Crippen LogP contribution in [0.3, 0.4) is 0 Å². The van der Waals surface area contributed by atoms with Crippen molar-refractivity contribution < 1.29 is 17.6 Å². The van der Waals surface area contributed by atoms with E-state index in [2.05, 4.69) is 15.5 Å². The number of hydrogen-bond donors (Lipinski definition) is 3. The summed E-state index contributed by atoms with van der Waals surface area (Å²) >= 11 is 0. The van der Waals surface area contributed by atoms with E-state index >= 15 is 0 Å². The molecule has 0 radical (unpaired) electrons. The van der Waals surface area contributed by atoms with Gasteiger partial charge in [-0.25, -0.2) is 13.6 Å². The Labute approximate surface area is 95.9 Å². The van der Waals surface area contributed by atoms with Gasteiger partial charge in [0.1, 0.15) is 5.82 Å². The van der Waals surface area contributed by atoms with Crippen molar-refractivity contribution in [3.05, 3.63) is 30.2 Å². The Morgan fingerprint density at radius 1 is 1.41 bits per heavy atom. The van der Waals surface area contributed by atoms with Gasteiger partial charge < -0.3 is 9.73 Å². The second kappa shape index (κ2) is 4.03. The summed E-state index contributed by atoms with van der Waals surface area (Å²) in [5.74, 6) is -0.406. The molecule has 2 aromatic heterocycles. The third kappa shape index (κ3) is 2.52. The lowest BCUT2D eigenvalue weighted by atomic mass is 10.4. The number of rotatable bonds is 3. The molecule has 0 atom stereocenters. The van der Waals surface area contributed by atoms with Crippen molar-refractivity contribution in [1.82, 2.24) is 10.2 Å². The molecule has 2 rings (SSSR count). The van der Waals surface area contributed by atoms with Gasteiger partial charge in [0, 0.05) is 6.07 Å². The Kier molecular flexibility index (Phi) is 2.69. The van der Waals surface area contributed by atoms with Crippen LogP contribution in [0.1, 0.15) is 10.6 Å². The summed E-state index contributed by atoms with van der Waals surface area (Å²) in [7, 11) is -3.94. The van der Waals surface area contributed by atoms with E-state index in [-0.39, 0.29) is 5.76 Å². The number of aromatic nitrogens is 2. The molecule has 1 amide bonds. The van der Waals surface area contributed by atoms with Crippen molar-refractivity contribution in [1.29, 1.82) is 0 Å². The standard InChI is InChI=1S/C8H8N4O4S/c9-17(14,15)7-2-1-5(16-7)8(13)11-6-3-4-10-12-6/h1-4H,(H2,9,14,15)(H2,10,11,12,13). The first-order valence-electron chi connectivity index (χ1n) is 4.40. The van der Waals surface area contributed by atoms with Gasteiger partial charge in [-0.15, -0.1) is 0 Å². The number of carbonyl (C=O) groups excluding carboxylic acids is 1. The van der Waals surface area contributed by atoms with E-state index in [4.69, 9.17) is 9.56 Å². The Hall–Kier alpha value is -2.13. The highest BCUT2D eigenvalue weighted by atomic mass is 32.2. The molecule has 0 spiro atoms. The molecule has 8 nitrogen and oxygen atoms in total. The summed E-state index contributed by atoms with van der Waals surface area (Å²) in [6.45, 7) is 0. The topological polar surface area (TPSA) is 131 Å². The lowest BCUT2D eigenvalue weighted by Gasteiger charge is -1.98. The fourth-order valence-corrected chi connectivity index (χ4v) is 1.57. The zero-order valence-electron chi connectivity index (χ0n) is 8.38. The van der Waals surface area contributed by atoms with Crippen LogP contribution >= 0.6 is 0 Å². The summed E-state index contributed by atoms with van der Waals surface area (Å²) in [6, 6.07) is 3.85. The molecular weight excluding hydrogens is 248 g/mol. The number of primary sulfonamides is 1. The second-order valence-corrected chi connectivity index (χ2v) is 4.58. The Balaban J connectivity index is 2.18. The van der Waals surface area contributed by atoms with Crippen LogP contribution in [-0.4, -0.2) is 24.5 Å². The number of aromatic amines is 1. The van der Waals surface area contributed by atoms with Gasteiger partial charge in [-0.3, -0.25) is 9.89 Å². The number of nitrogens with zero attached hydrogens (tertiary/aromatic N) is 1. The maximum atomic E-state index is 11.6. The minimum atomic E-state index is -3.94. The smallest absolute Gasteiger partial charge is 0.292 e. The minimum Gasteiger partial charge on any atom is -0.438 e. The summed E-state index contributed by atoms with van der Waals surface area (Å²) in [5.41, 5.74) is 0. The number of hydrogen-bond acceptors (Lipinski definition) is 5. The third-order valence-electron chi connectivity index (χ3n) is 1.83. The Bertz CT molecular complexity index is 628. The Morgan fingerprint density at radius 2 is 2.18 bits per heavy atom. The van der Waals surface area contributed by atoms with Crippen LogP contribution in [0.15, 0.2) is 33.9 Å². The predicted molar refractivity (Wildman–Crippen MR) is 56.6 cm³/mol. The van der Waals surface area contributed by atoms with E-state index in [0.717, 1.165) is 6.07 Å². The van der Waals surface area contributed by atoms with Gasteiger partial charge in [0.25, 0.3) is 15.9 Å². The van der Waals surface area contributed by atoms with Crippen molar-refractivity contribution in [2.75, 3.05) is 5.32 Å². The first-order valence-corrected chi connectivity index (χ1v) is 5.95. The molecule has 0 aromatic carbocycles. The number of carbonyl (C=O) groups is 1. The van der Waals surface area contributed by atoms with Crippen LogP contribution in [0.2, 0.25) is 0 Å². The van der Waals surface area contributed by atoms with Gasteiger partial charge in [0.05, 0.1) is 6.20 Å². The van der Waals surface area contributed by atoms with Crippen LogP contribution in [0.5, 0.6) is 0 Å². The average molecular weight is 256 g/mol. The van der Waals surface area contributed by atoms with E-state index < -0.39 is 21.0 Å². The third-order valence-corrected chi connectivity index (χ3v) is 2.61. The summed E-state index contributed by atoms with van der Waals surface area (Å²) in [6.07, 6.45) is 1.45. The number of nitrogens with one attached hydrogen (secondary N) is 2. The molecule has 17 heavy (non-hydrogen) atoms. The molecule has 0 saturated carbocycles. The van der Waals surface area contributed by atoms with E-state index in [9.17, 15) is 13.2 Å². The van der Waals surface area contributed by atoms with Gasteiger partial charge in [-0.05, 0) is 12.1 Å². The summed E-state index contributed by atoms with van der Waals surface area (Å²) < 4.78 is 26.6. The van der Waals surface area contributed by atoms with Crippen molar-refractivity contribution in [2.24, 2.45) is 5.14 Å². The average Bonchev–Trinajstić information content (AvgIpc) is 2.85. The normalized spacial score (nSPS) is 11.4. The van der Waals surface area contributed by atoms with Crippen LogP contribution in [-0.2, 0) is 10.0 Å². The van der Waals surface area contributed by atoms with Crippen LogP contribution in [0.4, 0.5) is 5.82 Å². The van der Waals surface area contributed by atoms with Crippen molar-refractivity contribution in [3.8, 4) is 0 Å². The first-order chi connectivity index (χ1) is 7.97. The molecule has 0 unspecified atom stereocenters. The van der Waals surface area contributed by atoms with E-state index in [1.165, 1.54) is 18.3 Å². The number of H-pyrrole nitrogens is 1. The molecule has 9 heteroatoms. The van der Waals surface area contributed by atoms with Crippen LogP contribution < -0.4 is 10.5 Å². The number of anilines is 1. The molecule has 0 saturated heterocycles. The van der Waals surface area contributed by atoms with Gasteiger partial charge in [0.2, 0.25) is 5.09 Å². The van der Waals surface area contributed by atoms with Crippen LogP contribution in [0.25, 0.3) is 0 Å². The fraction of sp³-hybridized carbons (Fsp3) is 0. The van der Waals surface area contributed by atoms with Gasteiger partial charge in [-0.1, -0.05) is 0 Å². The molecule has 0 aliphatic carbocycles. The maximum Gasteiger partial charge on any atom is 0.292 e. The molecule has 0 fully saturated rings. The van der Waals surface area contributed by atoms with Crippen molar-refractivity contribution >= 4 is 21.7 Å². The van der Waals surface area contributed by atoms with E-state index in [1.54, 1.807) is 0 Å². The van der Waals surface area contributed by atoms with Gasteiger partial charge >= 0.3 is 0 Å². The quantitative estimate of drug-likeness (QED) is 0.705. The Morgan fingerprint density at radius 3 is 2.71 bits per heavy atom. The molecular formula is C8H8N4O4S. The van der Waals surface area contributed by atoms with Crippen molar-refractivity contribution in [3.63, 3.8) is 0 Å². The molecule has 2 heterocycles. The summed E-state index contributed by atoms with van der Waals surface area (Å²) in [5, 5.41) is 12.9. The minimum absolute atomic E-state index is 0.163. The molecule has 4 N–H and O–H groups in total. The maximum absolute atomic E-state index is 11.6. The van der Waals surface area contributed by atoms with Crippen LogP contribution in [0, 0.1) is 0 Å². The lowest BCUT2D eigenvalue weighted by Crippen LogP contribution is -2.12. The molecule has 0 aliphatic rings. The predicted octanol–water partition coefficient (Wildman–Crippen LogP) is -0.0976.